The smallest absolute Gasteiger partial charge is 0.183 e. The molecule has 0 N–H and O–H groups in total. The van der Waals surface area contributed by atoms with Crippen LogP contribution in [0.25, 0.3) is 0 Å². The molecule has 4 heteroatoms. The van der Waals surface area contributed by atoms with E-state index < -0.39 is 0 Å². The van der Waals surface area contributed by atoms with Gasteiger partial charge in [0.2, 0.25) is 0 Å². The third kappa shape index (κ3) is 5.41. The Bertz CT molecular complexity index is 105. The molecule has 0 saturated heterocycles. The van der Waals surface area contributed by atoms with Gasteiger partial charge in [-0.05, 0) is 26.8 Å². The lowest BCUT2D eigenvalue weighted by Gasteiger charge is -2.25. The summed E-state index contributed by atoms with van der Waals surface area (Å²) < 4.78 is 16.5. The third-order valence-electron chi connectivity index (χ3n) is 1.75. The molecule has 13 heavy (non-hydrogen) atoms. The Morgan fingerprint density at radius 2 is 1.38 bits per heavy atom. The molecule has 0 saturated carbocycles. The van der Waals surface area contributed by atoms with Crippen LogP contribution in [-0.4, -0.2) is 42.5 Å². The van der Waals surface area contributed by atoms with E-state index in [0.29, 0.717) is 13.2 Å². The van der Waals surface area contributed by atoms with E-state index in [9.17, 15) is 0 Å². The van der Waals surface area contributed by atoms with Gasteiger partial charge in [-0.3, -0.25) is 0 Å². The lowest BCUT2D eigenvalue weighted by Crippen LogP contribution is -2.34. The van der Waals surface area contributed by atoms with Gasteiger partial charge in [-0.25, -0.2) is 0 Å². The molecule has 0 bridgehead atoms. The van der Waals surface area contributed by atoms with Crippen LogP contribution < -0.4 is 0 Å². The highest BCUT2D eigenvalue weighted by molar-refractivity contribution is 6.08. The van der Waals surface area contributed by atoms with Crippen LogP contribution in [0.15, 0.2) is 0 Å². The van der Waals surface area contributed by atoms with Crippen molar-refractivity contribution in [2.24, 2.45) is 0 Å². The first-order valence-electron chi connectivity index (χ1n) is 5.14. The number of ether oxygens (including phenoxy) is 3. The highest BCUT2D eigenvalue weighted by Gasteiger charge is 2.20. The van der Waals surface area contributed by atoms with Crippen molar-refractivity contribution in [2.45, 2.75) is 39.2 Å². The standard InChI is InChI=1S/C9H22O3Si/c1-4-10-8(7-13)9(11-5-2)12-6-3/h8-9H,4-7H2,1-3,13H3. The Morgan fingerprint density at radius 3 is 1.69 bits per heavy atom. The van der Waals surface area contributed by atoms with E-state index in [-0.39, 0.29) is 12.4 Å². The molecule has 0 amide bonds. The molecule has 0 aliphatic heterocycles. The van der Waals surface area contributed by atoms with Crippen LogP contribution in [0, 0.1) is 0 Å². The molecule has 1 unspecified atom stereocenters. The average molecular weight is 206 g/mol. The summed E-state index contributed by atoms with van der Waals surface area (Å²) in [7, 11) is 1.11. The minimum absolute atomic E-state index is 0.122. The maximum atomic E-state index is 5.54. The van der Waals surface area contributed by atoms with Gasteiger partial charge in [-0.15, -0.1) is 0 Å². The number of rotatable bonds is 8. The Kier molecular flexibility index (Phi) is 8.75. The minimum atomic E-state index is -0.174. The third-order valence-corrected chi connectivity index (χ3v) is 2.55. The summed E-state index contributed by atoms with van der Waals surface area (Å²) in [6.45, 7) is 8.03. The van der Waals surface area contributed by atoms with E-state index in [1.54, 1.807) is 0 Å². The quantitative estimate of drug-likeness (QED) is 0.429. The fourth-order valence-electron chi connectivity index (χ4n) is 1.19. The molecule has 0 radical (unpaired) electrons. The predicted molar refractivity (Wildman–Crippen MR) is 57.2 cm³/mol. The van der Waals surface area contributed by atoms with Gasteiger partial charge in [0, 0.05) is 30.1 Å². The zero-order valence-electron chi connectivity index (χ0n) is 9.21. The second-order valence-corrected chi connectivity index (χ2v) is 3.50. The number of hydrogen-bond donors (Lipinski definition) is 0. The summed E-state index contributed by atoms with van der Waals surface area (Å²) in [5.41, 5.74) is 0. The maximum absolute atomic E-state index is 5.54. The number of hydrogen-bond acceptors (Lipinski definition) is 3. The summed E-state index contributed by atoms with van der Waals surface area (Å²) in [4.78, 5) is 0. The molecule has 0 aromatic carbocycles. The van der Waals surface area contributed by atoms with E-state index >= 15 is 0 Å². The van der Waals surface area contributed by atoms with Crippen molar-refractivity contribution < 1.29 is 14.2 Å². The first kappa shape index (κ1) is 13.1. The van der Waals surface area contributed by atoms with Crippen LogP contribution in [0.5, 0.6) is 0 Å². The van der Waals surface area contributed by atoms with Crippen LogP contribution in [0.2, 0.25) is 6.04 Å². The summed E-state index contributed by atoms with van der Waals surface area (Å²) in [6, 6.07) is 1.05. The molecule has 0 aliphatic carbocycles. The van der Waals surface area contributed by atoms with Gasteiger partial charge in [0.25, 0.3) is 0 Å². The van der Waals surface area contributed by atoms with Gasteiger partial charge in [0.15, 0.2) is 6.29 Å². The van der Waals surface area contributed by atoms with Gasteiger partial charge < -0.3 is 14.2 Å². The van der Waals surface area contributed by atoms with Gasteiger partial charge >= 0.3 is 0 Å². The van der Waals surface area contributed by atoms with Gasteiger partial charge in [0.1, 0.15) is 6.10 Å². The zero-order chi connectivity index (χ0) is 10.1. The van der Waals surface area contributed by atoms with Gasteiger partial charge in [-0.2, -0.15) is 0 Å². The summed E-state index contributed by atoms with van der Waals surface area (Å²) in [6.07, 6.45) is -0.0518. The lowest BCUT2D eigenvalue weighted by molar-refractivity contribution is -0.196. The monoisotopic (exact) mass is 206 g/mol. The Hall–Kier alpha value is 0.0969. The largest absolute Gasteiger partial charge is 0.374 e. The molecule has 0 aromatic rings. The van der Waals surface area contributed by atoms with E-state index in [0.717, 1.165) is 22.9 Å². The van der Waals surface area contributed by atoms with E-state index in [1.807, 2.05) is 20.8 Å². The lowest BCUT2D eigenvalue weighted by atomic mass is 10.4. The first-order chi connectivity index (χ1) is 6.29. The predicted octanol–water partition coefficient (Wildman–Crippen LogP) is 0.574. The van der Waals surface area contributed by atoms with Crippen LogP contribution in [0.4, 0.5) is 0 Å². The molecular formula is C9H22O3Si. The molecule has 80 valence electrons. The first-order valence-corrected chi connectivity index (χ1v) is 6.56. The maximum Gasteiger partial charge on any atom is 0.183 e. The molecule has 1 atom stereocenters. The van der Waals surface area contributed by atoms with Crippen molar-refractivity contribution >= 4 is 10.2 Å². The topological polar surface area (TPSA) is 27.7 Å². The molecule has 0 aliphatic rings. The highest BCUT2D eigenvalue weighted by Crippen LogP contribution is 2.09. The summed E-state index contributed by atoms with van der Waals surface area (Å²) in [5.74, 6) is 0. The minimum Gasteiger partial charge on any atom is -0.374 e. The summed E-state index contributed by atoms with van der Waals surface area (Å²) >= 11 is 0. The second-order valence-electron chi connectivity index (χ2n) is 2.68. The second kappa shape index (κ2) is 8.68. The van der Waals surface area contributed by atoms with Crippen LogP contribution >= 0.6 is 0 Å². The van der Waals surface area contributed by atoms with Gasteiger partial charge in [-0.1, -0.05) is 0 Å². The SMILES string of the molecule is CCOC(C[SiH3])C(OCC)OCC. The Labute approximate surface area is 84.2 Å². The molecule has 0 heterocycles. The molecule has 0 spiro atoms. The van der Waals surface area contributed by atoms with E-state index in [2.05, 4.69) is 0 Å². The van der Waals surface area contributed by atoms with Crippen LogP contribution in [-0.2, 0) is 14.2 Å². The molecule has 3 nitrogen and oxygen atoms in total. The van der Waals surface area contributed by atoms with E-state index in [1.165, 1.54) is 0 Å². The highest BCUT2D eigenvalue weighted by atomic mass is 28.1. The van der Waals surface area contributed by atoms with Crippen LogP contribution in [0.1, 0.15) is 20.8 Å². The normalized spacial score (nSPS) is 13.8. The summed E-state index contributed by atoms with van der Waals surface area (Å²) in [5, 5.41) is 0. The van der Waals surface area contributed by atoms with Crippen molar-refractivity contribution in [3.05, 3.63) is 0 Å². The fraction of sp³-hybridized carbons (Fsp3) is 1.00. The van der Waals surface area contributed by atoms with Crippen LogP contribution in [0.3, 0.4) is 0 Å². The van der Waals surface area contributed by atoms with Crippen molar-refractivity contribution in [2.75, 3.05) is 19.8 Å². The molecule has 0 fully saturated rings. The Balaban J connectivity index is 3.94. The van der Waals surface area contributed by atoms with Crippen molar-refractivity contribution in [3.63, 3.8) is 0 Å². The fourth-order valence-corrected chi connectivity index (χ4v) is 1.81. The van der Waals surface area contributed by atoms with Crippen molar-refractivity contribution in [1.82, 2.24) is 0 Å². The van der Waals surface area contributed by atoms with E-state index in [4.69, 9.17) is 14.2 Å². The van der Waals surface area contributed by atoms with Crippen molar-refractivity contribution in [3.8, 4) is 0 Å². The van der Waals surface area contributed by atoms with Crippen molar-refractivity contribution in [1.29, 1.82) is 0 Å². The molecule has 0 aromatic heterocycles. The average Bonchev–Trinajstić information content (AvgIpc) is 2.14. The zero-order valence-corrected chi connectivity index (χ0v) is 11.2. The van der Waals surface area contributed by atoms with Gasteiger partial charge in [0.05, 0.1) is 0 Å². The molecule has 0 rings (SSSR count). The Morgan fingerprint density at radius 1 is 0.923 bits per heavy atom. The molecular weight excluding hydrogens is 184 g/mol.